The van der Waals surface area contributed by atoms with Gasteiger partial charge in [-0.05, 0) is 63.8 Å². The summed E-state index contributed by atoms with van der Waals surface area (Å²) < 4.78 is 7.26. The Labute approximate surface area is 213 Å². The van der Waals surface area contributed by atoms with Crippen molar-refractivity contribution in [2.75, 3.05) is 13.1 Å². The van der Waals surface area contributed by atoms with E-state index in [1.165, 1.54) is 16.8 Å². The molecule has 0 spiro atoms. The van der Waals surface area contributed by atoms with E-state index >= 15 is 0 Å². The predicted molar refractivity (Wildman–Crippen MR) is 143 cm³/mol. The van der Waals surface area contributed by atoms with E-state index in [1.54, 1.807) is 0 Å². The van der Waals surface area contributed by atoms with Gasteiger partial charge < -0.3 is 15.2 Å². The van der Waals surface area contributed by atoms with Gasteiger partial charge in [-0.25, -0.2) is 0 Å². The van der Waals surface area contributed by atoms with Gasteiger partial charge >= 0.3 is 0 Å². The molecule has 8 nitrogen and oxygen atoms in total. The second-order valence-electron chi connectivity index (χ2n) is 8.10. The van der Waals surface area contributed by atoms with E-state index in [4.69, 9.17) is 9.52 Å². The number of halogens is 1. The number of hydrogen-bond acceptors (Lipinski definition) is 5. The van der Waals surface area contributed by atoms with E-state index in [-0.39, 0.29) is 30.0 Å². The summed E-state index contributed by atoms with van der Waals surface area (Å²) in [6.07, 6.45) is 2.53. The van der Waals surface area contributed by atoms with Gasteiger partial charge in [0, 0.05) is 43.9 Å². The fraction of sp³-hybridized carbons (Fsp3) is 0.500. The van der Waals surface area contributed by atoms with Crippen molar-refractivity contribution < 1.29 is 4.52 Å². The molecule has 1 unspecified atom stereocenters. The van der Waals surface area contributed by atoms with Gasteiger partial charge in [-0.1, -0.05) is 24.2 Å². The number of aryl methyl sites for hydroxylation is 3. The minimum Gasteiger partial charge on any atom is -0.357 e. The van der Waals surface area contributed by atoms with Crippen LogP contribution in [0.4, 0.5) is 0 Å². The lowest BCUT2D eigenvalue weighted by Crippen LogP contribution is -2.43. The first-order valence-electron chi connectivity index (χ1n) is 11.4. The number of nitrogens with zero attached hydrogens (tertiary/aromatic N) is 5. The van der Waals surface area contributed by atoms with Crippen molar-refractivity contribution in [1.29, 1.82) is 0 Å². The molecule has 0 saturated heterocycles. The molecule has 0 amide bonds. The summed E-state index contributed by atoms with van der Waals surface area (Å²) in [5, 5.41) is 15.4. The van der Waals surface area contributed by atoms with E-state index in [0.717, 1.165) is 48.8 Å². The minimum atomic E-state index is 0. The van der Waals surface area contributed by atoms with E-state index in [9.17, 15) is 0 Å². The molecule has 180 valence electrons. The highest BCUT2D eigenvalue weighted by Gasteiger charge is 2.14. The average Bonchev–Trinajstić information content (AvgIpc) is 3.35. The normalized spacial score (nSPS) is 12.4. The molecule has 2 heterocycles. The van der Waals surface area contributed by atoms with Crippen molar-refractivity contribution >= 4 is 29.9 Å². The summed E-state index contributed by atoms with van der Waals surface area (Å²) >= 11 is 0. The highest BCUT2D eigenvalue weighted by atomic mass is 127. The zero-order valence-electron chi connectivity index (χ0n) is 20.5. The molecule has 9 heteroatoms. The maximum Gasteiger partial charge on any atom is 0.257 e. The molecule has 2 aromatic heterocycles. The lowest BCUT2D eigenvalue weighted by atomic mass is 10.1. The van der Waals surface area contributed by atoms with Gasteiger partial charge in [-0.15, -0.1) is 24.0 Å². The largest absolute Gasteiger partial charge is 0.357 e. The summed E-state index contributed by atoms with van der Waals surface area (Å²) in [5.41, 5.74) is 5.77. The Balaban J connectivity index is 0.00000385. The standard InChI is InChI=1S/C24H35N7O.HI/c1-7-22-28-23(32-30-22)20-11-9-19(10-12-20)13-14-26-24(25-8-2)27-16(3)15-21-17(4)29-31(6)18(21)5;/h9-12,16H,7-8,13-15H2,1-6H3,(H2,25,26,27);1H. The monoisotopic (exact) mass is 565 g/mol. The molecular weight excluding hydrogens is 529 g/mol. The Kier molecular flexibility index (Phi) is 10.3. The Hall–Kier alpha value is -2.43. The van der Waals surface area contributed by atoms with E-state index in [0.29, 0.717) is 12.4 Å². The van der Waals surface area contributed by atoms with Crippen LogP contribution >= 0.6 is 24.0 Å². The SMILES string of the molecule is CCNC(=NCCc1ccc(-c2nc(CC)no2)cc1)NC(C)Cc1c(C)nn(C)c1C.I. The van der Waals surface area contributed by atoms with Crippen molar-refractivity contribution in [2.24, 2.45) is 12.0 Å². The van der Waals surface area contributed by atoms with Crippen molar-refractivity contribution in [2.45, 2.75) is 59.9 Å². The van der Waals surface area contributed by atoms with Gasteiger partial charge in [0.1, 0.15) is 0 Å². The third-order valence-electron chi connectivity index (χ3n) is 5.55. The molecule has 2 N–H and O–H groups in total. The third-order valence-corrected chi connectivity index (χ3v) is 5.55. The third kappa shape index (κ3) is 7.28. The molecule has 0 aliphatic heterocycles. The highest BCUT2D eigenvalue weighted by Crippen LogP contribution is 2.18. The Morgan fingerprint density at radius 3 is 2.48 bits per heavy atom. The molecular formula is C24H36IN7O. The highest BCUT2D eigenvalue weighted by molar-refractivity contribution is 14.0. The van der Waals surface area contributed by atoms with Crippen LogP contribution in [0.2, 0.25) is 0 Å². The fourth-order valence-electron chi connectivity index (χ4n) is 3.65. The van der Waals surface area contributed by atoms with Crippen LogP contribution in [-0.4, -0.2) is 45.0 Å². The molecule has 0 bridgehead atoms. The smallest absolute Gasteiger partial charge is 0.257 e. The first-order chi connectivity index (χ1) is 15.4. The van der Waals surface area contributed by atoms with Crippen molar-refractivity contribution in [3.63, 3.8) is 0 Å². The molecule has 3 aromatic rings. The first-order valence-corrected chi connectivity index (χ1v) is 11.4. The maximum atomic E-state index is 5.31. The molecule has 3 rings (SSSR count). The van der Waals surface area contributed by atoms with Gasteiger partial charge in [-0.3, -0.25) is 9.67 Å². The van der Waals surface area contributed by atoms with E-state index in [2.05, 4.69) is 65.7 Å². The summed E-state index contributed by atoms with van der Waals surface area (Å²) in [4.78, 5) is 9.15. The molecule has 0 radical (unpaired) electrons. The van der Waals surface area contributed by atoms with Crippen molar-refractivity contribution in [3.05, 3.63) is 52.6 Å². The van der Waals surface area contributed by atoms with Gasteiger partial charge in [-0.2, -0.15) is 10.1 Å². The maximum absolute atomic E-state index is 5.31. The predicted octanol–water partition coefficient (Wildman–Crippen LogP) is 4.00. The molecule has 0 fully saturated rings. The van der Waals surface area contributed by atoms with Crippen LogP contribution in [0.3, 0.4) is 0 Å². The number of aliphatic imine (C=N–C) groups is 1. The average molecular weight is 566 g/mol. The fourth-order valence-corrected chi connectivity index (χ4v) is 3.65. The summed E-state index contributed by atoms with van der Waals surface area (Å²) in [7, 11) is 1.99. The first kappa shape index (κ1) is 26.8. The van der Waals surface area contributed by atoms with Crippen molar-refractivity contribution in [3.8, 4) is 11.5 Å². The molecule has 0 aliphatic carbocycles. The summed E-state index contributed by atoms with van der Waals surface area (Å²) in [6, 6.07) is 8.48. The van der Waals surface area contributed by atoms with Crippen LogP contribution in [0.15, 0.2) is 33.8 Å². The van der Waals surface area contributed by atoms with Crippen LogP contribution in [0.1, 0.15) is 49.1 Å². The van der Waals surface area contributed by atoms with Gasteiger partial charge in [0.25, 0.3) is 5.89 Å². The van der Waals surface area contributed by atoms with Crippen LogP contribution in [0, 0.1) is 13.8 Å². The zero-order valence-corrected chi connectivity index (χ0v) is 22.8. The number of benzene rings is 1. The minimum absolute atomic E-state index is 0. The second-order valence-corrected chi connectivity index (χ2v) is 8.10. The number of nitrogens with one attached hydrogen (secondary N) is 2. The van der Waals surface area contributed by atoms with Crippen LogP contribution < -0.4 is 10.6 Å². The molecule has 0 aliphatic rings. The van der Waals surface area contributed by atoms with Crippen LogP contribution in [0.5, 0.6) is 0 Å². The lowest BCUT2D eigenvalue weighted by Gasteiger charge is -2.18. The van der Waals surface area contributed by atoms with Crippen molar-refractivity contribution in [1.82, 2.24) is 30.6 Å². The second kappa shape index (κ2) is 12.7. The zero-order chi connectivity index (χ0) is 23.1. The summed E-state index contributed by atoms with van der Waals surface area (Å²) in [6.45, 7) is 12.0. The Bertz CT molecular complexity index is 1040. The molecule has 1 atom stereocenters. The van der Waals surface area contributed by atoms with Gasteiger partial charge in [0.2, 0.25) is 0 Å². The lowest BCUT2D eigenvalue weighted by molar-refractivity contribution is 0.423. The number of guanidine groups is 1. The Morgan fingerprint density at radius 2 is 1.91 bits per heavy atom. The van der Waals surface area contributed by atoms with Gasteiger partial charge in [0.15, 0.2) is 11.8 Å². The topological polar surface area (TPSA) is 93.2 Å². The van der Waals surface area contributed by atoms with E-state index in [1.807, 2.05) is 30.8 Å². The Morgan fingerprint density at radius 1 is 1.18 bits per heavy atom. The molecule has 33 heavy (non-hydrogen) atoms. The number of rotatable bonds is 9. The summed E-state index contributed by atoms with van der Waals surface area (Å²) in [5.74, 6) is 2.14. The van der Waals surface area contributed by atoms with E-state index < -0.39 is 0 Å². The van der Waals surface area contributed by atoms with Crippen LogP contribution in [-0.2, 0) is 26.3 Å². The van der Waals surface area contributed by atoms with Crippen LogP contribution in [0.25, 0.3) is 11.5 Å². The molecule has 1 aromatic carbocycles. The molecule has 0 saturated carbocycles. The van der Waals surface area contributed by atoms with Gasteiger partial charge in [0.05, 0.1) is 5.69 Å². The number of hydrogen-bond donors (Lipinski definition) is 2. The number of aromatic nitrogens is 4. The quantitative estimate of drug-likeness (QED) is 0.232.